The van der Waals surface area contributed by atoms with Crippen molar-refractivity contribution >= 4 is 22.8 Å². The van der Waals surface area contributed by atoms with Crippen LogP contribution in [-0.2, 0) is 6.54 Å². The second-order valence-corrected chi connectivity index (χ2v) is 5.99. The van der Waals surface area contributed by atoms with Crippen molar-refractivity contribution in [1.82, 2.24) is 0 Å². The van der Waals surface area contributed by atoms with Crippen LogP contribution in [0.15, 0.2) is 36.4 Å². The summed E-state index contributed by atoms with van der Waals surface area (Å²) in [7, 11) is 0. The van der Waals surface area contributed by atoms with Gasteiger partial charge in [-0.15, -0.1) is 11.3 Å². The molecule has 0 saturated heterocycles. The molecule has 19 heavy (non-hydrogen) atoms. The molecule has 0 amide bonds. The van der Waals surface area contributed by atoms with E-state index in [9.17, 15) is 4.79 Å². The first-order valence-corrected chi connectivity index (χ1v) is 7.43. The first-order valence-electron chi connectivity index (χ1n) is 6.61. The van der Waals surface area contributed by atoms with Crippen molar-refractivity contribution in [3.05, 3.63) is 51.7 Å². The molecular weight excluding hydrogens is 254 g/mol. The largest absolute Gasteiger partial charge is 0.380 e. The lowest BCUT2D eigenvalue weighted by molar-refractivity contribution is 0.0982. The highest BCUT2D eigenvalue weighted by Gasteiger charge is 2.04. The fourth-order valence-corrected chi connectivity index (χ4v) is 2.74. The van der Waals surface area contributed by atoms with Gasteiger partial charge in [0.2, 0.25) is 0 Å². The van der Waals surface area contributed by atoms with E-state index in [-0.39, 0.29) is 5.78 Å². The molecular formula is C16H19NOS. The second-order valence-electron chi connectivity index (χ2n) is 4.62. The lowest BCUT2D eigenvalue weighted by atomic mass is 10.1. The van der Waals surface area contributed by atoms with Crippen molar-refractivity contribution in [3.63, 3.8) is 0 Å². The summed E-state index contributed by atoms with van der Waals surface area (Å²) in [6.07, 6.45) is 1.53. The average molecular weight is 273 g/mol. The number of thiophene rings is 1. The van der Waals surface area contributed by atoms with E-state index >= 15 is 0 Å². The fraction of sp³-hybridized carbons (Fsp3) is 0.312. The number of aryl methyl sites for hydroxylation is 1. The maximum absolute atomic E-state index is 11.7. The van der Waals surface area contributed by atoms with Gasteiger partial charge in [-0.05, 0) is 49.7 Å². The Kier molecular flexibility index (Phi) is 4.74. The molecule has 2 rings (SSSR count). The van der Waals surface area contributed by atoms with Crippen LogP contribution in [0, 0.1) is 6.92 Å². The van der Waals surface area contributed by atoms with E-state index in [2.05, 4.69) is 24.4 Å². The lowest BCUT2D eigenvalue weighted by Crippen LogP contribution is -2.00. The van der Waals surface area contributed by atoms with Crippen LogP contribution in [0.25, 0.3) is 0 Å². The van der Waals surface area contributed by atoms with Gasteiger partial charge in [-0.25, -0.2) is 0 Å². The Morgan fingerprint density at radius 3 is 2.47 bits per heavy atom. The number of benzene rings is 1. The number of nitrogens with one attached hydrogen (secondary N) is 1. The minimum atomic E-state index is 0.225. The molecule has 1 heterocycles. The van der Waals surface area contributed by atoms with Crippen LogP contribution in [0.4, 0.5) is 5.69 Å². The molecule has 0 atom stereocenters. The van der Waals surface area contributed by atoms with Crippen LogP contribution in [0.1, 0.15) is 39.9 Å². The lowest BCUT2D eigenvalue weighted by Gasteiger charge is -2.06. The second kappa shape index (κ2) is 6.53. The molecule has 0 saturated carbocycles. The third kappa shape index (κ3) is 3.93. The van der Waals surface area contributed by atoms with Crippen LogP contribution < -0.4 is 5.32 Å². The number of rotatable bonds is 6. The Balaban J connectivity index is 1.93. The van der Waals surface area contributed by atoms with Gasteiger partial charge in [0.15, 0.2) is 5.78 Å². The Morgan fingerprint density at radius 1 is 1.16 bits per heavy atom. The van der Waals surface area contributed by atoms with Crippen molar-refractivity contribution in [2.24, 2.45) is 0 Å². The van der Waals surface area contributed by atoms with Gasteiger partial charge < -0.3 is 5.32 Å². The van der Waals surface area contributed by atoms with Gasteiger partial charge in [-0.3, -0.25) is 4.79 Å². The summed E-state index contributed by atoms with van der Waals surface area (Å²) in [6.45, 7) is 4.97. The van der Waals surface area contributed by atoms with Crippen LogP contribution in [0.2, 0.25) is 0 Å². The summed E-state index contributed by atoms with van der Waals surface area (Å²) in [5, 5.41) is 3.37. The maximum atomic E-state index is 11.7. The van der Waals surface area contributed by atoms with Crippen molar-refractivity contribution in [2.75, 3.05) is 5.32 Å². The predicted molar refractivity (Wildman–Crippen MR) is 82.1 cm³/mol. The average Bonchev–Trinajstić information content (AvgIpc) is 2.83. The first-order chi connectivity index (χ1) is 9.19. The van der Waals surface area contributed by atoms with Gasteiger partial charge in [0, 0.05) is 34.0 Å². The Labute approximate surface area is 118 Å². The Morgan fingerprint density at radius 2 is 1.89 bits per heavy atom. The van der Waals surface area contributed by atoms with Crippen LogP contribution in [-0.4, -0.2) is 5.78 Å². The minimum Gasteiger partial charge on any atom is -0.380 e. The molecule has 1 aromatic heterocycles. The minimum absolute atomic E-state index is 0.225. The van der Waals surface area contributed by atoms with E-state index in [0.717, 1.165) is 24.2 Å². The van der Waals surface area contributed by atoms with E-state index < -0.39 is 0 Å². The predicted octanol–water partition coefficient (Wildman–Crippen LogP) is 4.65. The fourth-order valence-electron chi connectivity index (χ4n) is 1.91. The van der Waals surface area contributed by atoms with Crippen LogP contribution in [0.3, 0.4) is 0 Å². The molecule has 0 aliphatic heterocycles. The number of carbonyl (C=O) groups is 1. The third-order valence-electron chi connectivity index (χ3n) is 2.95. The Bertz CT molecular complexity index is 542. The third-order valence-corrected chi connectivity index (χ3v) is 3.95. The number of carbonyl (C=O) groups excluding carboxylic acids is 1. The van der Waals surface area contributed by atoms with E-state index in [4.69, 9.17) is 0 Å². The van der Waals surface area contributed by atoms with Crippen molar-refractivity contribution in [3.8, 4) is 0 Å². The zero-order chi connectivity index (χ0) is 13.7. The number of hydrogen-bond donors (Lipinski definition) is 1. The zero-order valence-electron chi connectivity index (χ0n) is 11.4. The number of anilines is 1. The molecule has 0 radical (unpaired) electrons. The van der Waals surface area contributed by atoms with Gasteiger partial charge in [0.1, 0.15) is 0 Å². The van der Waals surface area contributed by atoms with Crippen molar-refractivity contribution in [2.45, 2.75) is 33.2 Å². The number of Topliss-reactive ketones (excluding diaryl/α,β-unsaturated/α-hetero) is 1. The van der Waals surface area contributed by atoms with E-state index in [1.165, 1.54) is 9.75 Å². The maximum Gasteiger partial charge on any atom is 0.162 e. The Hall–Kier alpha value is -1.61. The highest BCUT2D eigenvalue weighted by Crippen LogP contribution is 2.17. The molecule has 1 N–H and O–H groups in total. The van der Waals surface area contributed by atoms with E-state index in [1.807, 2.05) is 31.2 Å². The molecule has 100 valence electrons. The molecule has 1 aromatic carbocycles. The molecule has 3 heteroatoms. The van der Waals surface area contributed by atoms with Crippen molar-refractivity contribution < 1.29 is 4.79 Å². The normalized spacial score (nSPS) is 10.4. The molecule has 0 bridgehead atoms. The monoisotopic (exact) mass is 273 g/mol. The van der Waals surface area contributed by atoms with Gasteiger partial charge >= 0.3 is 0 Å². The summed E-state index contributed by atoms with van der Waals surface area (Å²) < 4.78 is 0. The van der Waals surface area contributed by atoms with Crippen molar-refractivity contribution in [1.29, 1.82) is 0 Å². The summed E-state index contributed by atoms with van der Waals surface area (Å²) in [5.41, 5.74) is 1.86. The molecule has 0 unspecified atom stereocenters. The summed E-state index contributed by atoms with van der Waals surface area (Å²) in [4.78, 5) is 14.4. The summed E-state index contributed by atoms with van der Waals surface area (Å²) in [5.74, 6) is 0.225. The zero-order valence-corrected chi connectivity index (χ0v) is 12.2. The quantitative estimate of drug-likeness (QED) is 0.776. The van der Waals surface area contributed by atoms with Gasteiger partial charge in [0.05, 0.1) is 0 Å². The molecule has 0 aliphatic carbocycles. The van der Waals surface area contributed by atoms with Crippen LogP contribution >= 0.6 is 11.3 Å². The summed E-state index contributed by atoms with van der Waals surface area (Å²) in [6, 6.07) is 12.0. The van der Waals surface area contributed by atoms with Gasteiger partial charge in [-0.1, -0.05) is 6.92 Å². The molecule has 2 nitrogen and oxygen atoms in total. The molecule has 0 aliphatic rings. The molecule has 0 fully saturated rings. The van der Waals surface area contributed by atoms with E-state index in [1.54, 1.807) is 11.3 Å². The van der Waals surface area contributed by atoms with Gasteiger partial charge in [-0.2, -0.15) is 0 Å². The molecule has 2 aromatic rings. The summed E-state index contributed by atoms with van der Waals surface area (Å²) >= 11 is 1.81. The highest BCUT2D eigenvalue weighted by molar-refractivity contribution is 7.11. The first kappa shape index (κ1) is 13.8. The van der Waals surface area contributed by atoms with E-state index in [0.29, 0.717) is 6.42 Å². The number of hydrogen-bond acceptors (Lipinski definition) is 3. The molecule has 0 spiro atoms. The number of ketones is 1. The highest BCUT2D eigenvalue weighted by atomic mass is 32.1. The SMILES string of the molecule is CCCC(=O)c1ccc(NCc2ccc(C)s2)cc1. The van der Waals surface area contributed by atoms with Gasteiger partial charge in [0.25, 0.3) is 0 Å². The standard InChI is InChI=1S/C16H19NOS/c1-3-4-16(18)13-6-8-14(9-7-13)17-11-15-10-5-12(2)19-15/h5-10,17H,3-4,11H2,1-2H3. The van der Waals surface area contributed by atoms with Crippen LogP contribution in [0.5, 0.6) is 0 Å². The topological polar surface area (TPSA) is 29.1 Å². The smallest absolute Gasteiger partial charge is 0.162 e.